The Kier molecular flexibility index (Phi) is 6.16. The van der Waals surface area contributed by atoms with E-state index in [-0.39, 0.29) is 21.9 Å². The number of methoxy groups -OCH3 is 1. The van der Waals surface area contributed by atoms with Gasteiger partial charge in [0, 0.05) is 11.8 Å². The van der Waals surface area contributed by atoms with E-state index in [2.05, 4.69) is 0 Å². The maximum atomic E-state index is 13.2. The van der Waals surface area contributed by atoms with E-state index in [1.807, 2.05) is 6.92 Å². The Morgan fingerprint density at radius 1 is 1.18 bits per heavy atom. The molecule has 4 rings (SSSR count). The number of hydrogen-bond donors (Lipinski definition) is 1. The van der Waals surface area contributed by atoms with Crippen LogP contribution in [0.15, 0.2) is 64.8 Å². The third-order valence-corrected chi connectivity index (χ3v) is 5.59. The highest BCUT2D eigenvalue weighted by Crippen LogP contribution is 2.45. The summed E-state index contributed by atoms with van der Waals surface area (Å²) in [7, 11) is 1.41. The molecule has 0 radical (unpaired) electrons. The molecular formula is C25H22ClNO6. The Hall–Kier alpha value is -3.71. The third kappa shape index (κ3) is 3.96. The zero-order chi connectivity index (χ0) is 23.7. The van der Waals surface area contributed by atoms with E-state index in [0.717, 1.165) is 5.56 Å². The first-order chi connectivity index (χ1) is 15.9. The van der Waals surface area contributed by atoms with Crippen LogP contribution in [0.1, 0.15) is 29.9 Å². The molecule has 2 heterocycles. The molecular weight excluding hydrogens is 446 g/mol. The van der Waals surface area contributed by atoms with Gasteiger partial charge in [0.25, 0.3) is 11.7 Å². The maximum Gasteiger partial charge on any atom is 0.300 e. The Morgan fingerprint density at radius 3 is 2.64 bits per heavy atom. The number of halogens is 1. The van der Waals surface area contributed by atoms with Crippen molar-refractivity contribution < 1.29 is 28.6 Å². The Balaban J connectivity index is 1.95. The van der Waals surface area contributed by atoms with Crippen LogP contribution in [0, 0.1) is 6.92 Å². The number of benzene rings is 2. The fourth-order valence-corrected chi connectivity index (χ4v) is 4.31. The number of carbonyl (C=O) groups excluding carboxylic acids is 2. The number of carbonyl (C=O) groups is 2. The van der Waals surface area contributed by atoms with E-state index in [0.29, 0.717) is 23.8 Å². The summed E-state index contributed by atoms with van der Waals surface area (Å²) >= 11 is 6.30. The highest BCUT2D eigenvalue weighted by molar-refractivity contribution is 6.51. The zero-order valence-electron chi connectivity index (χ0n) is 18.3. The number of aliphatic hydroxyl groups is 1. The number of Topliss-reactive ketones (excluding diaryl/α,β-unsaturated/α-hetero) is 1. The Morgan fingerprint density at radius 2 is 1.97 bits per heavy atom. The van der Waals surface area contributed by atoms with Crippen LogP contribution in [-0.2, 0) is 9.59 Å². The lowest BCUT2D eigenvalue weighted by Gasteiger charge is -2.24. The first kappa shape index (κ1) is 22.5. The van der Waals surface area contributed by atoms with Crippen LogP contribution in [-0.4, -0.2) is 30.5 Å². The van der Waals surface area contributed by atoms with E-state index in [1.165, 1.54) is 18.3 Å². The second-order valence-electron chi connectivity index (χ2n) is 7.44. The zero-order valence-corrected chi connectivity index (χ0v) is 19.1. The lowest BCUT2D eigenvalue weighted by Crippen LogP contribution is -2.29. The second kappa shape index (κ2) is 9.03. The monoisotopic (exact) mass is 467 g/mol. The van der Waals surface area contributed by atoms with Gasteiger partial charge < -0.3 is 19.0 Å². The van der Waals surface area contributed by atoms with Gasteiger partial charge in [-0.15, -0.1) is 0 Å². The molecule has 1 saturated heterocycles. The average Bonchev–Trinajstić information content (AvgIpc) is 3.40. The van der Waals surface area contributed by atoms with Crippen LogP contribution >= 0.6 is 11.6 Å². The van der Waals surface area contributed by atoms with Gasteiger partial charge in [0.15, 0.2) is 0 Å². The smallest absolute Gasteiger partial charge is 0.300 e. The molecule has 0 saturated carbocycles. The summed E-state index contributed by atoms with van der Waals surface area (Å²) in [6.07, 6.45) is 1.44. The predicted octanol–water partition coefficient (Wildman–Crippen LogP) is 5.28. The summed E-state index contributed by atoms with van der Waals surface area (Å²) in [4.78, 5) is 27.7. The first-order valence-electron chi connectivity index (χ1n) is 10.3. The molecule has 3 aromatic rings. The highest BCUT2D eigenvalue weighted by Gasteiger charge is 2.48. The summed E-state index contributed by atoms with van der Waals surface area (Å²) in [5, 5.41) is 11.6. The normalized spacial score (nSPS) is 17.5. The van der Waals surface area contributed by atoms with Crippen LogP contribution in [0.3, 0.4) is 0 Å². The van der Waals surface area contributed by atoms with Crippen molar-refractivity contribution in [1.82, 2.24) is 0 Å². The van der Waals surface area contributed by atoms with Crippen molar-refractivity contribution in [3.63, 3.8) is 0 Å². The SMILES string of the molecule is CCOc1cccc(N2C(=O)C(=O)/C(=C(\O)c3cc(C)cc(Cl)c3OC)C2c2ccco2)c1. The number of ketones is 1. The van der Waals surface area contributed by atoms with E-state index in [1.54, 1.807) is 55.5 Å². The molecule has 0 aliphatic carbocycles. The quantitative estimate of drug-likeness (QED) is 0.301. The number of nitrogens with zero attached hydrogens (tertiary/aromatic N) is 1. The molecule has 1 aliphatic rings. The average molecular weight is 468 g/mol. The van der Waals surface area contributed by atoms with Gasteiger partial charge in [0.2, 0.25) is 0 Å². The lowest BCUT2D eigenvalue weighted by molar-refractivity contribution is -0.132. The Labute approximate surface area is 195 Å². The molecule has 1 N–H and O–H groups in total. The second-order valence-corrected chi connectivity index (χ2v) is 7.85. The number of aliphatic hydroxyl groups excluding tert-OH is 1. The van der Waals surface area contributed by atoms with Crippen molar-refractivity contribution in [2.45, 2.75) is 19.9 Å². The molecule has 1 aliphatic heterocycles. The number of ether oxygens (including phenoxy) is 2. The number of rotatable bonds is 6. The molecule has 1 fully saturated rings. The van der Waals surface area contributed by atoms with Gasteiger partial charge in [-0.05, 0) is 55.8 Å². The van der Waals surface area contributed by atoms with Gasteiger partial charge >= 0.3 is 0 Å². The summed E-state index contributed by atoms with van der Waals surface area (Å²) in [6, 6.07) is 12.4. The molecule has 0 spiro atoms. The number of hydrogen-bond acceptors (Lipinski definition) is 6. The molecule has 1 unspecified atom stereocenters. The van der Waals surface area contributed by atoms with Crippen molar-refractivity contribution in [1.29, 1.82) is 0 Å². The third-order valence-electron chi connectivity index (χ3n) is 5.31. The van der Waals surface area contributed by atoms with Gasteiger partial charge in [-0.3, -0.25) is 14.5 Å². The van der Waals surface area contributed by atoms with Crippen molar-refractivity contribution >= 4 is 34.7 Å². The topological polar surface area (TPSA) is 89.2 Å². The summed E-state index contributed by atoms with van der Waals surface area (Å²) in [5.41, 5.74) is 1.25. The minimum Gasteiger partial charge on any atom is -0.507 e. The number of furan rings is 1. The largest absolute Gasteiger partial charge is 0.507 e. The molecule has 1 aromatic heterocycles. The summed E-state index contributed by atoms with van der Waals surface area (Å²) in [6.45, 7) is 4.09. The standard InChI is InChI=1S/C25H22ClNO6/c1-4-32-16-8-5-7-15(13-16)27-21(19-9-6-10-33-19)20(23(29)25(27)30)22(28)17-11-14(2)12-18(26)24(17)31-3/h5-13,21,28H,4H2,1-3H3/b22-20-. The predicted molar refractivity (Wildman–Crippen MR) is 124 cm³/mol. The van der Waals surface area contributed by atoms with Gasteiger partial charge in [-0.2, -0.15) is 0 Å². The van der Waals surface area contributed by atoms with E-state index in [9.17, 15) is 14.7 Å². The number of anilines is 1. The minimum absolute atomic E-state index is 0.128. The van der Waals surface area contributed by atoms with Crippen LogP contribution in [0.2, 0.25) is 5.02 Å². The van der Waals surface area contributed by atoms with Crippen molar-refractivity contribution in [3.8, 4) is 11.5 Å². The van der Waals surface area contributed by atoms with E-state index in [4.69, 9.17) is 25.5 Å². The van der Waals surface area contributed by atoms with Crippen molar-refractivity contribution in [3.05, 3.63) is 82.3 Å². The van der Waals surface area contributed by atoms with E-state index < -0.39 is 23.5 Å². The summed E-state index contributed by atoms with van der Waals surface area (Å²) < 4.78 is 16.5. The lowest BCUT2D eigenvalue weighted by atomic mass is 9.97. The van der Waals surface area contributed by atoms with E-state index >= 15 is 0 Å². The molecule has 1 atom stereocenters. The van der Waals surface area contributed by atoms with Crippen LogP contribution < -0.4 is 14.4 Å². The van der Waals surface area contributed by atoms with Gasteiger partial charge in [-0.1, -0.05) is 17.7 Å². The fourth-order valence-electron chi connectivity index (χ4n) is 3.96. The molecule has 7 nitrogen and oxygen atoms in total. The first-order valence-corrected chi connectivity index (χ1v) is 10.7. The van der Waals surface area contributed by atoms with Crippen LogP contribution in [0.4, 0.5) is 5.69 Å². The fraction of sp³-hybridized carbons (Fsp3) is 0.200. The summed E-state index contributed by atoms with van der Waals surface area (Å²) in [5.74, 6) is -1.000. The minimum atomic E-state index is -0.999. The van der Waals surface area contributed by atoms with Crippen molar-refractivity contribution in [2.75, 3.05) is 18.6 Å². The molecule has 170 valence electrons. The van der Waals surface area contributed by atoms with Gasteiger partial charge in [0.1, 0.15) is 29.1 Å². The van der Waals surface area contributed by atoms with Gasteiger partial charge in [-0.25, -0.2) is 0 Å². The van der Waals surface area contributed by atoms with Gasteiger partial charge in [0.05, 0.1) is 36.1 Å². The molecule has 8 heteroatoms. The maximum absolute atomic E-state index is 13.2. The number of aryl methyl sites for hydroxylation is 1. The molecule has 1 amide bonds. The highest BCUT2D eigenvalue weighted by atomic mass is 35.5. The Bertz CT molecular complexity index is 1250. The molecule has 0 bridgehead atoms. The molecule has 33 heavy (non-hydrogen) atoms. The molecule has 2 aromatic carbocycles. The van der Waals surface area contributed by atoms with Crippen LogP contribution in [0.5, 0.6) is 11.5 Å². The van der Waals surface area contributed by atoms with Crippen LogP contribution in [0.25, 0.3) is 5.76 Å². The van der Waals surface area contributed by atoms with Crippen molar-refractivity contribution in [2.24, 2.45) is 0 Å². The number of amides is 1.